The number of carbonyl (C=O) groups excluding carboxylic acids is 2. The Morgan fingerprint density at radius 1 is 1.12 bits per heavy atom. The zero-order valence-electron chi connectivity index (χ0n) is 12.9. The van der Waals surface area contributed by atoms with Crippen LogP contribution in [0.2, 0.25) is 0 Å². The van der Waals surface area contributed by atoms with Crippen molar-refractivity contribution < 1.29 is 9.59 Å². The molecular weight excluding hydrogens is 340 g/mol. The van der Waals surface area contributed by atoms with E-state index >= 15 is 0 Å². The first-order chi connectivity index (χ1) is 11.5. The van der Waals surface area contributed by atoms with Gasteiger partial charge in [0.1, 0.15) is 0 Å². The lowest BCUT2D eigenvalue weighted by Gasteiger charge is -2.15. The number of nitrogens with one attached hydrogen (secondary N) is 1. The Labute approximate surface area is 149 Å². The van der Waals surface area contributed by atoms with E-state index in [1.54, 1.807) is 30.3 Å². The topological polar surface area (TPSA) is 49.4 Å². The minimum Gasteiger partial charge on any atom is -0.267 e. The number of amides is 2. The van der Waals surface area contributed by atoms with Gasteiger partial charge in [-0.25, -0.2) is 0 Å². The van der Waals surface area contributed by atoms with Gasteiger partial charge in [-0.1, -0.05) is 59.8 Å². The van der Waals surface area contributed by atoms with Crippen molar-refractivity contribution in [1.82, 2.24) is 10.4 Å². The molecule has 0 aromatic heterocycles. The molecule has 1 aliphatic rings. The highest BCUT2D eigenvalue weighted by atomic mass is 32.2. The monoisotopic (exact) mass is 354 g/mol. The maximum atomic E-state index is 12.5. The van der Waals surface area contributed by atoms with E-state index < -0.39 is 0 Å². The van der Waals surface area contributed by atoms with Crippen molar-refractivity contribution in [2.45, 2.75) is 6.92 Å². The van der Waals surface area contributed by atoms with E-state index in [1.165, 1.54) is 11.8 Å². The summed E-state index contributed by atoms with van der Waals surface area (Å²) in [6.45, 7) is 2.00. The van der Waals surface area contributed by atoms with Crippen LogP contribution in [0.3, 0.4) is 0 Å². The van der Waals surface area contributed by atoms with Crippen molar-refractivity contribution in [3.63, 3.8) is 0 Å². The minimum absolute atomic E-state index is 0.308. The maximum absolute atomic E-state index is 12.5. The smallest absolute Gasteiger partial charge is 0.267 e. The SMILES string of the molecule is Cc1ccc(/C=C2\SC(=S)N(NC(=O)c3ccccc3)C2=O)cc1. The van der Waals surface area contributed by atoms with Crippen molar-refractivity contribution in [2.75, 3.05) is 0 Å². The third-order valence-electron chi connectivity index (χ3n) is 3.42. The van der Waals surface area contributed by atoms with Crippen LogP contribution >= 0.6 is 24.0 Å². The Bertz CT molecular complexity index is 830. The maximum Gasteiger partial charge on any atom is 0.285 e. The fourth-order valence-electron chi connectivity index (χ4n) is 2.13. The largest absolute Gasteiger partial charge is 0.285 e. The Kier molecular flexibility index (Phi) is 4.78. The number of rotatable bonds is 3. The van der Waals surface area contributed by atoms with Crippen LogP contribution in [0, 0.1) is 6.92 Å². The first-order valence-corrected chi connectivity index (χ1v) is 8.48. The van der Waals surface area contributed by atoms with Gasteiger partial charge >= 0.3 is 0 Å². The Morgan fingerprint density at radius 3 is 2.46 bits per heavy atom. The quantitative estimate of drug-likeness (QED) is 0.677. The van der Waals surface area contributed by atoms with Crippen molar-refractivity contribution in [3.05, 3.63) is 76.2 Å². The molecule has 2 aromatic carbocycles. The number of hydrogen-bond acceptors (Lipinski definition) is 4. The van der Waals surface area contributed by atoms with Crippen LogP contribution < -0.4 is 5.43 Å². The first-order valence-electron chi connectivity index (χ1n) is 7.25. The van der Waals surface area contributed by atoms with Gasteiger partial charge in [-0.2, -0.15) is 5.01 Å². The highest BCUT2D eigenvalue weighted by molar-refractivity contribution is 8.26. The van der Waals surface area contributed by atoms with Gasteiger partial charge in [0.25, 0.3) is 11.8 Å². The number of aryl methyl sites for hydroxylation is 1. The predicted molar refractivity (Wildman–Crippen MR) is 100 cm³/mol. The van der Waals surface area contributed by atoms with E-state index in [2.05, 4.69) is 5.43 Å². The van der Waals surface area contributed by atoms with Gasteiger partial charge < -0.3 is 0 Å². The third-order valence-corrected chi connectivity index (χ3v) is 4.72. The molecule has 0 atom stereocenters. The van der Waals surface area contributed by atoms with Crippen LogP contribution in [0.15, 0.2) is 59.5 Å². The predicted octanol–water partition coefficient (Wildman–Crippen LogP) is 3.54. The van der Waals surface area contributed by atoms with Crippen LogP contribution in [-0.2, 0) is 4.79 Å². The van der Waals surface area contributed by atoms with Crippen molar-refractivity contribution in [1.29, 1.82) is 0 Å². The summed E-state index contributed by atoms with van der Waals surface area (Å²) in [5.41, 5.74) is 5.09. The van der Waals surface area contributed by atoms with E-state index in [0.717, 1.165) is 16.1 Å². The number of thioether (sulfide) groups is 1. The van der Waals surface area contributed by atoms with Crippen LogP contribution in [0.5, 0.6) is 0 Å². The van der Waals surface area contributed by atoms with E-state index in [0.29, 0.717) is 14.8 Å². The van der Waals surface area contributed by atoms with Gasteiger partial charge in [0.15, 0.2) is 4.32 Å². The molecule has 2 aromatic rings. The fraction of sp³-hybridized carbons (Fsp3) is 0.0556. The molecule has 0 spiro atoms. The average molecular weight is 354 g/mol. The number of benzene rings is 2. The van der Waals surface area contributed by atoms with E-state index in [9.17, 15) is 9.59 Å². The highest BCUT2D eigenvalue weighted by Crippen LogP contribution is 2.31. The second-order valence-electron chi connectivity index (χ2n) is 5.23. The summed E-state index contributed by atoms with van der Waals surface area (Å²) in [5.74, 6) is -0.696. The van der Waals surface area contributed by atoms with Crippen LogP contribution in [0.1, 0.15) is 21.5 Å². The van der Waals surface area contributed by atoms with Crippen LogP contribution in [0.4, 0.5) is 0 Å². The average Bonchev–Trinajstić information content (AvgIpc) is 2.85. The van der Waals surface area contributed by atoms with Gasteiger partial charge in [0.05, 0.1) is 4.91 Å². The van der Waals surface area contributed by atoms with Gasteiger partial charge in [0.2, 0.25) is 0 Å². The zero-order chi connectivity index (χ0) is 17.1. The van der Waals surface area contributed by atoms with Crippen LogP contribution in [-0.4, -0.2) is 21.1 Å². The number of carbonyl (C=O) groups is 2. The van der Waals surface area contributed by atoms with Gasteiger partial charge in [-0.15, -0.1) is 0 Å². The summed E-state index contributed by atoms with van der Waals surface area (Å²) in [7, 11) is 0. The lowest BCUT2D eigenvalue weighted by Crippen LogP contribution is -2.44. The summed E-state index contributed by atoms with van der Waals surface area (Å²) >= 11 is 6.38. The minimum atomic E-state index is -0.372. The number of hydrogen-bond donors (Lipinski definition) is 1. The summed E-state index contributed by atoms with van der Waals surface area (Å²) < 4.78 is 0.308. The Morgan fingerprint density at radius 2 is 1.79 bits per heavy atom. The Hall–Kier alpha value is -2.44. The zero-order valence-corrected chi connectivity index (χ0v) is 14.5. The molecule has 3 rings (SSSR count). The molecule has 1 fully saturated rings. The van der Waals surface area contributed by atoms with E-state index in [-0.39, 0.29) is 11.8 Å². The van der Waals surface area contributed by atoms with Crippen LogP contribution in [0.25, 0.3) is 6.08 Å². The second kappa shape index (κ2) is 6.98. The highest BCUT2D eigenvalue weighted by Gasteiger charge is 2.33. The number of hydrazine groups is 1. The molecule has 0 radical (unpaired) electrons. The first kappa shape index (κ1) is 16.4. The second-order valence-corrected chi connectivity index (χ2v) is 6.91. The lowest BCUT2D eigenvalue weighted by atomic mass is 10.1. The van der Waals surface area contributed by atoms with Crippen molar-refractivity contribution in [2.24, 2.45) is 0 Å². The molecule has 1 saturated heterocycles. The lowest BCUT2D eigenvalue weighted by molar-refractivity contribution is -0.123. The molecule has 0 unspecified atom stereocenters. The van der Waals surface area contributed by atoms with Crippen molar-refractivity contribution in [3.8, 4) is 0 Å². The molecule has 2 amide bonds. The molecule has 120 valence electrons. The molecule has 4 nitrogen and oxygen atoms in total. The van der Waals surface area contributed by atoms with Gasteiger partial charge in [0, 0.05) is 5.56 Å². The molecule has 6 heteroatoms. The molecule has 1 heterocycles. The summed E-state index contributed by atoms with van der Waals surface area (Å²) in [5, 5.41) is 1.12. The summed E-state index contributed by atoms with van der Waals surface area (Å²) in [6, 6.07) is 16.5. The van der Waals surface area contributed by atoms with Gasteiger partial charge in [-0.05, 0) is 42.9 Å². The van der Waals surface area contributed by atoms with E-state index in [4.69, 9.17) is 12.2 Å². The normalized spacial score (nSPS) is 15.9. The summed E-state index contributed by atoms with van der Waals surface area (Å²) in [4.78, 5) is 25.2. The molecule has 0 bridgehead atoms. The number of nitrogens with zero attached hydrogens (tertiary/aromatic N) is 1. The number of thiocarbonyl (C=S) groups is 1. The fourth-order valence-corrected chi connectivity index (χ4v) is 3.31. The van der Waals surface area contributed by atoms with Crippen molar-refractivity contribution >= 4 is 46.2 Å². The third kappa shape index (κ3) is 3.55. The molecular formula is C18H14N2O2S2. The standard InChI is InChI=1S/C18H14N2O2S2/c1-12-7-9-13(10-8-12)11-15-17(22)20(18(23)24-15)19-16(21)14-5-3-2-4-6-14/h2-11H,1H3,(H,19,21)/b15-11-. The Balaban J connectivity index is 1.77. The molecule has 1 aliphatic heterocycles. The molecule has 1 N–H and O–H groups in total. The van der Waals surface area contributed by atoms with Gasteiger partial charge in [-0.3, -0.25) is 15.0 Å². The molecule has 0 saturated carbocycles. The summed E-state index contributed by atoms with van der Waals surface area (Å²) in [6.07, 6.45) is 1.77. The van der Waals surface area contributed by atoms with E-state index in [1.807, 2.05) is 37.3 Å². The molecule has 24 heavy (non-hydrogen) atoms. The molecule has 0 aliphatic carbocycles.